The molecule has 0 radical (unpaired) electrons. The second kappa shape index (κ2) is 7.41. The van der Waals surface area contributed by atoms with Crippen molar-refractivity contribution in [2.24, 2.45) is 0 Å². The largest absolute Gasteiger partial charge is 0.496 e. The maximum Gasteiger partial charge on any atom is 0.257 e. The van der Waals surface area contributed by atoms with E-state index in [1.54, 1.807) is 43.6 Å². The third-order valence-electron chi connectivity index (χ3n) is 4.82. The zero-order chi connectivity index (χ0) is 18.8. The Morgan fingerprint density at radius 1 is 1.07 bits per heavy atom. The number of methoxy groups -OCH3 is 1. The third kappa shape index (κ3) is 3.67. The van der Waals surface area contributed by atoms with Gasteiger partial charge < -0.3 is 10.1 Å². The smallest absolute Gasteiger partial charge is 0.257 e. The van der Waals surface area contributed by atoms with Crippen molar-refractivity contribution in [1.82, 2.24) is 4.98 Å². The number of hydrogen-bond acceptors (Lipinski definition) is 3. The highest BCUT2D eigenvalue weighted by Crippen LogP contribution is 2.31. The number of nitrogens with one attached hydrogen (secondary N) is 1. The van der Waals surface area contributed by atoms with Crippen molar-refractivity contribution in [1.29, 1.82) is 0 Å². The van der Waals surface area contributed by atoms with E-state index in [1.165, 1.54) is 17.5 Å². The standard InChI is InChI=1S/C22H19ClN2O2/c1-27-21-10-7-17(23)12-19(21)20-9-6-16(13-24-20)22(26)25-18-8-5-14-3-2-4-15(14)11-18/h5-13H,2-4H2,1H3,(H,25,26). The highest BCUT2D eigenvalue weighted by atomic mass is 35.5. The molecule has 2 aromatic carbocycles. The first kappa shape index (κ1) is 17.6. The molecule has 0 fully saturated rings. The Balaban J connectivity index is 1.54. The molecule has 4 nitrogen and oxygen atoms in total. The van der Waals surface area contributed by atoms with Gasteiger partial charge in [-0.05, 0) is 72.9 Å². The highest BCUT2D eigenvalue weighted by molar-refractivity contribution is 6.31. The molecule has 136 valence electrons. The number of amides is 1. The second-order valence-corrected chi connectivity index (χ2v) is 7.00. The number of hydrogen-bond donors (Lipinski definition) is 1. The minimum absolute atomic E-state index is 0.176. The first-order valence-corrected chi connectivity index (χ1v) is 9.25. The molecule has 1 aliphatic carbocycles. The first-order chi connectivity index (χ1) is 13.1. The van der Waals surface area contributed by atoms with E-state index in [0.717, 1.165) is 24.1 Å². The molecule has 0 saturated carbocycles. The molecular formula is C22H19ClN2O2. The van der Waals surface area contributed by atoms with E-state index in [1.807, 2.05) is 6.07 Å². The average Bonchev–Trinajstić information content (AvgIpc) is 3.16. The lowest BCUT2D eigenvalue weighted by molar-refractivity contribution is 0.102. The van der Waals surface area contributed by atoms with Crippen molar-refractivity contribution in [2.45, 2.75) is 19.3 Å². The first-order valence-electron chi connectivity index (χ1n) is 8.87. The van der Waals surface area contributed by atoms with Crippen LogP contribution in [-0.4, -0.2) is 18.0 Å². The molecule has 4 rings (SSSR count). The number of fused-ring (bicyclic) bond motifs is 1. The molecule has 0 atom stereocenters. The molecule has 0 spiro atoms. The predicted molar refractivity (Wildman–Crippen MR) is 108 cm³/mol. The van der Waals surface area contributed by atoms with Crippen molar-refractivity contribution < 1.29 is 9.53 Å². The molecule has 27 heavy (non-hydrogen) atoms. The molecule has 1 aliphatic rings. The molecular weight excluding hydrogens is 360 g/mol. The van der Waals surface area contributed by atoms with Gasteiger partial charge in [-0.3, -0.25) is 9.78 Å². The van der Waals surface area contributed by atoms with Crippen LogP contribution in [0.1, 0.15) is 27.9 Å². The molecule has 1 amide bonds. The van der Waals surface area contributed by atoms with Crippen LogP contribution in [0.15, 0.2) is 54.7 Å². The van der Waals surface area contributed by atoms with Gasteiger partial charge >= 0.3 is 0 Å². The number of pyridine rings is 1. The maximum absolute atomic E-state index is 12.5. The van der Waals surface area contributed by atoms with E-state index in [4.69, 9.17) is 16.3 Å². The van der Waals surface area contributed by atoms with Crippen LogP contribution in [0.3, 0.4) is 0 Å². The lowest BCUT2D eigenvalue weighted by atomic mass is 10.1. The average molecular weight is 379 g/mol. The Bertz CT molecular complexity index is 1000. The topological polar surface area (TPSA) is 51.2 Å². The van der Waals surface area contributed by atoms with Crippen molar-refractivity contribution >= 4 is 23.2 Å². The Morgan fingerprint density at radius 3 is 2.70 bits per heavy atom. The van der Waals surface area contributed by atoms with Crippen LogP contribution in [0, 0.1) is 0 Å². The second-order valence-electron chi connectivity index (χ2n) is 6.57. The van der Waals surface area contributed by atoms with Gasteiger partial charge in [0.1, 0.15) is 5.75 Å². The van der Waals surface area contributed by atoms with Crippen molar-refractivity contribution in [3.63, 3.8) is 0 Å². The van der Waals surface area contributed by atoms with Gasteiger partial charge in [0.15, 0.2) is 0 Å². The van der Waals surface area contributed by atoms with Crippen molar-refractivity contribution in [3.05, 3.63) is 76.4 Å². The summed E-state index contributed by atoms with van der Waals surface area (Å²) in [6.45, 7) is 0. The van der Waals surface area contributed by atoms with E-state index in [2.05, 4.69) is 22.4 Å². The van der Waals surface area contributed by atoms with E-state index < -0.39 is 0 Å². The fourth-order valence-corrected chi connectivity index (χ4v) is 3.59. The number of carbonyl (C=O) groups excluding carboxylic acids is 1. The van der Waals surface area contributed by atoms with Crippen LogP contribution in [0.25, 0.3) is 11.3 Å². The van der Waals surface area contributed by atoms with Gasteiger partial charge in [0, 0.05) is 22.5 Å². The Morgan fingerprint density at radius 2 is 1.93 bits per heavy atom. The molecule has 3 aromatic rings. The molecule has 5 heteroatoms. The summed E-state index contributed by atoms with van der Waals surface area (Å²) < 4.78 is 5.37. The molecule has 1 N–H and O–H groups in total. The van der Waals surface area contributed by atoms with E-state index in [9.17, 15) is 4.79 Å². The summed E-state index contributed by atoms with van der Waals surface area (Å²) in [5.41, 5.74) is 5.52. The highest BCUT2D eigenvalue weighted by Gasteiger charge is 2.14. The fraction of sp³-hybridized carbons (Fsp3) is 0.182. The molecule has 1 aromatic heterocycles. The van der Waals surface area contributed by atoms with Gasteiger partial charge in [0.2, 0.25) is 0 Å². The van der Waals surface area contributed by atoms with E-state index >= 15 is 0 Å². The number of aryl methyl sites for hydroxylation is 2. The maximum atomic E-state index is 12.5. The molecule has 0 bridgehead atoms. The SMILES string of the molecule is COc1ccc(Cl)cc1-c1ccc(C(=O)Nc2ccc3c(c2)CCC3)cn1. The van der Waals surface area contributed by atoms with Gasteiger partial charge in [0.25, 0.3) is 5.91 Å². The van der Waals surface area contributed by atoms with Crippen LogP contribution < -0.4 is 10.1 Å². The Labute approximate surface area is 163 Å². The lowest BCUT2D eigenvalue weighted by Crippen LogP contribution is -2.12. The van der Waals surface area contributed by atoms with Crippen molar-refractivity contribution in [3.8, 4) is 17.0 Å². The summed E-state index contributed by atoms with van der Waals surface area (Å²) in [5.74, 6) is 0.507. The van der Waals surface area contributed by atoms with Crippen LogP contribution in [0.5, 0.6) is 5.75 Å². The zero-order valence-electron chi connectivity index (χ0n) is 15.0. The van der Waals surface area contributed by atoms with E-state index in [0.29, 0.717) is 22.0 Å². The van der Waals surface area contributed by atoms with Crippen LogP contribution in [0.4, 0.5) is 5.69 Å². The van der Waals surface area contributed by atoms with E-state index in [-0.39, 0.29) is 5.91 Å². The Hall–Kier alpha value is -2.85. The number of nitrogens with zero attached hydrogens (tertiary/aromatic N) is 1. The monoisotopic (exact) mass is 378 g/mol. The summed E-state index contributed by atoms with van der Waals surface area (Å²) in [5, 5.41) is 3.56. The molecule has 0 saturated heterocycles. The quantitative estimate of drug-likeness (QED) is 0.682. The van der Waals surface area contributed by atoms with Gasteiger partial charge in [-0.15, -0.1) is 0 Å². The van der Waals surface area contributed by atoms with Crippen LogP contribution in [0.2, 0.25) is 5.02 Å². The number of anilines is 1. The van der Waals surface area contributed by atoms with Crippen molar-refractivity contribution in [2.75, 3.05) is 12.4 Å². The number of halogens is 1. The lowest BCUT2D eigenvalue weighted by Gasteiger charge is -2.10. The summed E-state index contributed by atoms with van der Waals surface area (Å²) in [6.07, 6.45) is 4.96. The number of ether oxygens (including phenoxy) is 1. The van der Waals surface area contributed by atoms with Crippen LogP contribution in [-0.2, 0) is 12.8 Å². The summed E-state index contributed by atoms with van der Waals surface area (Å²) in [4.78, 5) is 17.0. The molecule has 0 unspecified atom stereocenters. The minimum Gasteiger partial charge on any atom is -0.496 e. The van der Waals surface area contributed by atoms with Gasteiger partial charge in [-0.2, -0.15) is 0 Å². The number of aromatic nitrogens is 1. The third-order valence-corrected chi connectivity index (χ3v) is 5.05. The summed E-state index contributed by atoms with van der Waals surface area (Å²) in [6, 6.07) is 15.0. The van der Waals surface area contributed by atoms with Gasteiger partial charge in [0.05, 0.1) is 18.4 Å². The number of benzene rings is 2. The normalized spacial score (nSPS) is 12.5. The number of carbonyl (C=O) groups is 1. The summed E-state index contributed by atoms with van der Waals surface area (Å²) in [7, 11) is 1.60. The van der Waals surface area contributed by atoms with Crippen LogP contribution >= 0.6 is 11.6 Å². The predicted octanol–water partition coefficient (Wildman–Crippen LogP) is 5.15. The van der Waals surface area contributed by atoms with Gasteiger partial charge in [-0.1, -0.05) is 17.7 Å². The molecule has 1 heterocycles. The minimum atomic E-state index is -0.176. The summed E-state index contributed by atoms with van der Waals surface area (Å²) >= 11 is 6.09. The number of rotatable bonds is 4. The zero-order valence-corrected chi connectivity index (χ0v) is 15.7. The van der Waals surface area contributed by atoms with Gasteiger partial charge in [-0.25, -0.2) is 0 Å². The fourth-order valence-electron chi connectivity index (χ4n) is 3.42. The Kier molecular flexibility index (Phi) is 4.82. The molecule has 0 aliphatic heterocycles.